The van der Waals surface area contributed by atoms with Gasteiger partial charge in [-0.1, -0.05) is 69.8 Å². The molecular weight excluding hydrogens is 334 g/mol. The summed E-state index contributed by atoms with van der Waals surface area (Å²) < 4.78 is 5.61. The van der Waals surface area contributed by atoms with Crippen LogP contribution in [0.1, 0.15) is 90.4 Å². The molecule has 0 saturated heterocycles. The maximum absolute atomic E-state index is 9.73. The second-order valence-corrected chi connectivity index (χ2v) is 7.90. The average molecular weight is 382 g/mol. The van der Waals surface area contributed by atoms with Crippen LogP contribution in [0.5, 0.6) is 0 Å². The molecule has 0 amide bonds. The van der Waals surface area contributed by atoms with Crippen molar-refractivity contribution in [2.75, 3.05) is 33.9 Å². The van der Waals surface area contributed by atoms with E-state index in [4.69, 9.17) is 4.74 Å². The number of ether oxygens (including phenoxy) is 1. The maximum Gasteiger partial charge on any atom is 0.0688 e. The van der Waals surface area contributed by atoms with Gasteiger partial charge >= 0.3 is 0 Å². The van der Waals surface area contributed by atoms with Crippen molar-refractivity contribution in [2.24, 2.45) is 0 Å². The van der Waals surface area contributed by atoms with Crippen LogP contribution < -0.4 is 0 Å². The summed E-state index contributed by atoms with van der Waals surface area (Å²) in [6.45, 7) is 4.48. The summed E-state index contributed by atoms with van der Waals surface area (Å²) in [5.41, 5.74) is 0. The highest BCUT2D eigenvalue weighted by Crippen LogP contribution is 2.08. The van der Waals surface area contributed by atoms with Crippen LogP contribution in [0.25, 0.3) is 0 Å². The Kier molecular flexibility index (Phi) is 21.1. The van der Waals surface area contributed by atoms with Crippen LogP contribution >= 0.6 is 0 Å². The molecule has 0 bridgehead atoms. The van der Waals surface area contributed by atoms with Gasteiger partial charge in [0.25, 0.3) is 0 Å². The molecule has 27 heavy (non-hydrogen) atoms. The third-order valence-corrected chi connectivity index (χ3v) is 4.66. The highest BCUT2D eigenvalue weighted by atomic mass is 16.5. The Morgan fingerprint density at radius 2 is 1.37 bits per heavy atom. The number of aliphatic hydroxyl groups is 1. The van der Waals surface area contributed by atoms with E-state index in [-0.39, 0.29) is 6.10 Å². The van der Waals surface area contributed by atoms with E-state index in [1.807, 2.05) is 19.0 Å². The standard InChI is InChI=1S/C24H47NO2/c1-4-5-6-7-8-9-10-11-12-13-14-15-16-17-18-19-21-27-22-20-24(26)23-25(2)3/h8-9,11-12,24,26H,4-7,10,13-23H2,1-3H3. The molecule has 3 nitrogen and oxygen atoms in total. The van der Waals surface area contributed by atoms with Crippen molar-refractivity contribution in [1.29, 1.82) is 0 Å². The maximum atomic E-state index is 9.73. The monoisotopic (exact) mass is 381 g/mol. The molecule has 0 heterocycles. The molecule has 0 saturated carbocycles. The van der Waals surface area contributed by atoms with E-state index in [0.29, 0.717) is 13.2 Å². The quantitative estimate of drug-likeness (QED) is 0.203. The number of likely N-dealkylation sites (N-methyl/N-ethyl adjacent to an activating group) is 1. The van der Waals surface area contributed by atoms with Crippen LogP contribution in [0.3, 0.4) is 0 Å². The molecule has 1 unspecified atom stereocenters. The first-order valence-electron chi connectivity index (χ1n) is 11.4. The summed E-state index contributed by atoms with van der Waals surface area (Å²) in [6, 6.07) is 0. The Morgan fingerprint density at radius 3 is 2.00 bits per heavy atom. The average Bonchev–Trinajstić information content (AvgIpc) is 2.63. The lowest BCUT2D eigenvalue weighted by Crippen LogP contribution is -2.26. The van der Waals surface area contributed by atoms with E-state index in [2.05, 4.69) is 31.2 Å². The molecule has 0 aliphatic heterocycles. The smallest absolute Gasteiger partial charge is 0.0688 e. The first kappa shape index (κ1) is 26.4. The van der Waals surface area contributed by atoms with Gasteiger partial charge in [-0.2, -0.15) is 0 Å². The summed E-state index contributed by atoms with van der Waals surface area (Å²) in [6.07, 6.45) is 25.0. The largest absolute Gasteiger partial charge is 0.392 e. The van der Waals surface area contributed by atoms with Gasteiger partial charge < -0.3 is 14.7 Å². The van der Waals surface area contributed by atoms with Crippen molar-refractivity contribution < 1.29 is 9.84 Å². The molecule has 0 aliphatic carbocycles. The lowest BCUT2D eigenvalue weighted by atomic mass is 10.1. The molecule has 0 rings (SSSR count). The van der Waals surface area contributed by atoms with Gasteiger partial charge in [0.1, 0.15) is 0 Å². The van der Waals surface area contributed by atoms with Gasteiger partial charge in [-0.25, -0.2) is 0 Å². The Morgan fingerprint density at radius 1 is 0.778 bits per heavy atom. The fourth-order valence-corrected chi connectivity index (χ4v) is 3.03. The van der Waals surface area contributed by atoms with E-state index in [0.717, 1.165) is 25.9 Å². The Hall–Kier alpha value is -0.640. The molecule has 0 fully saturated rings. The summed E-state index contributed by atoms with van der Waals surface area (Å²) >= 11 is 0. The van der Waals surface area contributed by atoms with Crippen LogP contribution in [0.15, 0.2) is 24.3 Å². The zero-order valence-corrected chi connectivity index (χ0v) is 18.5. The van der Waals surface area contributed by atoms with E-state index >= 15 is 0 Å². The van der Waals surface area contributed by atoms with Gasteiger partial charge in [0.15, 0.2) is 0 Å². The lowest BCUT2D eigenvalue weighted by molar-refractivity contribution is 0.0674. The zero-order valence-electron chi connectivity index (χ0n) is 18.5. The van der Waals surface area contributed by atoms with Gasteiger partial charge in [-0.15, -0.1) is 0 Å². The zero-order chi connectivity index (χ0) is 20.0. The molecule has 1 N–H and O–H groups in total. The number of nitrogens with zero attached hydrogens (tertiary/aromatic N) is 1. The second kappa shape index (κ2) is 21.7. The summed E-state index contributed by atoms with van der Waals surface area (Å²) in [7, 11) is 3.96. The van der Waals surface area contributed by atoms with Crippen LogP contribution in [-0.2, 0) is 4.74 Å². The third kappa shape index (κ3) is 23.3. The lowest BCUT2D eigenvalue weighted by Gasteiger charge is -2.15. The van der Waals surface area contributed by atoms with Crippen molar-refractivity contribution in [3.8, 4) is 0 Å². The molecule has 1 atom stereocenters. The van der Waals surface area contributed by atoms with E-state index in [1.54, 1.807) is 0 Å². The molecule has 0 radical (unpaired) electrons. The SMILES string of the molecule is CCCCCC=CCC=CCCCCCCCCOCCC(O)CN(C)C. The van der Waals surface area contributed by atoms with Crippen molar-refractivity contribution >= 4 is 0 Å². The van der Waals surface area contributed by atoms with Gasteiger partial charge in [0, 0.05) is 19.8 Å². The topological polar surface area (TPSA) is 32.7 Å². The highest BCUT2D eigenvalue weighted by molar-refractivity contribution is 4.92. The van der Waals surface area contributed by atoms with Crippen molar-refractivity contribution in [1.82, 2.24) is 4.90 Å². The normalized spacial score (nSPS) is 13.4. The number of unbranched alkanes of at least 4 members (excludes halogenated alkanes) is 9. The number of allylic oxidation sites excluding steroid dienone is 4. The van der Waals surface area contributed by atoms with E-state index < -0.39 is 0 Å². The number of aliphatic hydroxyl groups excluding tert-OH is 1. The Labute approximate surface area is 169 Å². The van der Waals surface area contributed by atoms with Crippen LogP contribution in [0, 0.1) is 0 Å². The van der Waals surface area contributed by atoms with Gasteiger partial charge in [0.2, 0.25) is 0 Å². The molecule has 0 aromatic rings. The second-order valence-electron chi connectivity index (χ2n) is 7.90. The molecule has 0 spiro atoms. The van der Waals surface area contributed by atoms with Crippen molar-refractivity contribution in [3.05, 3.63) is 24.3 Å². The van der Waals surface area contributed by atoms with Gasteiger partial charge in [-0.05, 0) is 59.0 Å². The van der Waals surface area contributed by atoms with E-state index in [1.165, 1.54) is 64.2 Å². The highest BCUT2D eigenvalue weighted by Gasteiger charge is 2.04. The fourth-order valence-electron chi connectivity index (χ4n) is 3.03. The summed E-state index contributed by atoms with van der Waals surface area (Å²) in [4.78, 5) is 2.01. The molecule has 0 aromatic carbocycles. The number of hydrogen-bond donors (Lipinski definition) is 1. The molecule has 160 valence electrons. The third-order valence-electron chi connectivity index (χ3n) is 4.66. The minimum atomic E-state index is -0.268. The predicted molar refractivity (Wildman–Crippen MR) is 119 cm³/mol. The molecule has 0 aromatic heterocycles. The first-order valence-corrected chi connectivity index (χ1v) is 11.4. The minimum Gasteiger partial charge on any atom is -0.392 e. The Bertz CT molecular complexity index is 339. The van der Waals surface area contributed by atoms with Crippen molar-refractivity contribution in [3.63, 3.8) is 0 Å². The van der Waals surface area contributed by atoms with Crippen LogP contribution in [-0.4, -0.2) is 50.0 Å². The molecule has 3 heteroatoms. The number of rotatable bonds is 20. The summed E-state index contributed by atoms with van der Waals surface area (Å²) in [5.74, 6) is 0. The predicted octanol–water partition coefficient (Wildman–Crippen LogP) is 6.13. The summed E-state index contributed by atoms with van der Waals surface area (Å²) in [5, 5.41) is 9.73. The minimum absolute atomic E-state index is 0.268. The molecule has 0 aliphatic rings. The van der Waals surface area contributed by atoms with Gasteiger partial charge in [-0.3, -0.25) is 0 Å². The Balaban J connectivity index is 3.19. The molecular formula is C24H47NO2. The van der Waals surface area contributed by atoms with Crippen molar-refractivity contribution in [2.45, 2.75) is 96.5 Å². The van der Waals surface area contributed by atoms with Crippen LogP contribution in [0.4, 0.5) is 0 Å². The van der Waals surface area contributed by atoms with Gasteiger partial charge in [0.05, 0.1) is 6.10 Å². The van der Waals surface area contributed by atoms with Crippen LogP contribution in [0.2, 0.25) is 0 Å². The number of hydrogen-bond acceptors (Lipinski definition) is 3. The van der Waals surface area contributed by atoms with E-state index in [9.17, 15) is 5.11 Å². The first-order chi connectivity index (χ1) is 13.2. The fraction of sp³-hybridized carbons (Fsp3) is 0.833.